The van der Waals surface area contributed by atoms with Crippen molar-refractivity contribution in [3.8, 4) is 5.75 Å². The van der Waals surface area contributed by atoms with E-state index in [1.165, 1.54) is 0 Å². The molecule has 3 nitrogen and oxygen atoms in total. The van der Waals surface area contributed by atoms with Gasteiger partial charge in [-0.25, -0.2) is 0 Å². The summed E-state index contributed by atoms with van der Waals surface area (Å²) in [7, 11) is 0. The van der Waals surface area contributed by atoms with Gasteiger partial charge in [-0.1, -0.05) is 27.7 Å². The van der Waals surface area contributed by atoms with Crippen molar-refractivity contribution in [3.05, 3.63) is 23.8 Å². The van der Waals surface area contributed by atoms with Crippen molar-refractivity contribution < 1.29 is 9.84 Å². The molecule has 0 amide bonds. The highest BCUT2D eigenvalue weighted by atomic mass is 16.5. The van der Waals surface area contributed by atoms with Crippen LogP contribution in [0, 0.1) is 11.8 Å². The molecular weight excluding hydrogens is 226 g/mol. The van der Waals surface area contributed by atoms with Crippen molar-refractivity contribution in [2.75, 3.05) is 12.3 Å². The van der Waals surface area contributed by atoms with Crippen molar-refractivity contribution in [3.63, 3.8) is 0 Å². The molecule has 102 valence electrons. The van der Waals surface area contributed by atoms with Crippen LogP contribution in [0.4, 0.5) is 5.69 Å². The number of hydrogen-bond donors (Lipinski definition) is 2. The molecule has 1 atom stereocenters. The third-order valence-electron chi connectivity index (χ3n) is 2.70. The Hall–Kier alpha value is -1.22. The minimum Gasteiger partial charge on any atom is -0.493 e. The molecule has 1 unspecified atom stereocenters. The van der Waals surface area contributed by atoms with Gasteiger partial charge in [-0.05, 0) is 36.5 Å². The van der Waals surface area contributed by atoms with Crippen LogP contribution in [0.5, 0.6) is 5.75 Å². The van der Waals surface area contributed by atoms with Gasteiger partial charge in [0.2, 0.25) is 0 Å². The molecule has 0 fully saturated rings. The van der Waals surface area contributed by atoms with Crippen LogP contribution in [0.3, 0.4) is 0 Å². The summed E-state index contributed by atoms with van der Waals surface area (Å²) in [5.74, 6) is 1.68. The van der Waals surface area contributed by atoms with Crippen molar-refractivity contribution >= 4 is 5.69 Å². The van der Waals surface area contributed by atoms with E-state index in [-0.39, 0.29) is 0 Å². The number of ether oxygens (including phenoxy) is 1. The first-order valence-corrected chi connectivity index (χ1v) is 6.60. The van der Waals surface area contributed by atoms with Crippen molar-refractivity contribution in [2.24, 2.45) is 11.8 Å². The Kier molecular flexibility index (Phi) is 5.48. The van der Waals surface area contributed by atoms with E-state index in [1.807, 2.05) is 12.1 Å². The van der Waals surface area contributed by atoms with Crippen LogP contribution in [0.15, 0.2) is 18.2 Å². The number of aliphatic hydroxyl groups is 1. The van der Waals surface area contributed by atoms with Gasteiger partial charge in [0.1, 0.15) is 5.75 Å². The highest BCUT2D eigenvalue weighted by molar-refractivity contribution is 5.51. The Bertz CT molecular complexity index is 375. The van der Waals surface area contributed by atoms with E-state index in [4.69, 9.17) is 10.5 Å². The summed E-state index contributed by atoms with van der Waals surface area (Å²) >= 11 is 0. The highest BCUT2D eigenvalue weighted by Gasteiger charge is 2.14. The van der Waals surface area contributed by atoms with E-state index in [0.29, 0.717) is 30.6 Å². The molecule has 0 spiro atoms. The number of anilines is 1. The Labute approximate surface area is 110 Å². The standard InChI is InChI=1S/C15H25NO2/c1-10(2)7-15(17)13-8-12(5-6-14(13)16)18-9-11(3)4/h5-6,8,10-11,15,17H,7,9,16H2,1-4H3. The fourth-order valence-corrected chi connectivity index (χ4v) is 1.77. The number of aliphatic hydroxyl groups excluding tert-OH is 1. The summed E-state index contributed by atoms with van der Waals surface area (Å²) < 4.78 is 5.65. The third kappa shape index (κ3) is 4.57. The van der Waals surface area contributed by atoms with Crippen molar-refractivity contribution in [1.82, 2.24) is 0 Å². The molecule has 3 N–H and O–H groups in total. The lowest BCUT2D eigenvalue weighted by Crippen LogP contribution is -2.08. The molecule has 3 heteroatoms. The summed E-state index contributed by atoms with van der Waals surface area (Å²) in [6.07, 6.45) is 0.185. The fraction of sp³-hybridized carbons (Fsp3) is 0.600. The summed E-state index contributed by atoms with van der Waals surface area (Å²) in [6.45, 7) is 9.04. The normalized spacial score (nSPS) is 13.1. The minimum atomic E-state index is -0.521. The quantitative estimate of drug-likeness (QED) is 0.762. The zero-order chi connectivity index (χ0) is 13.7. The molecule has 0 aliphatic rings. The first kappa shape index (κ1) is 14.8. The summed E-state index contributed by atoms with van der Waals surface area (Å²) in [5, 5.41) is 10.1. The second kappa shape index (κ2) is 6.64. The van der Waals surface area contributed by atoms with E-state index in [1.54, 1.807) is 6.07 Å². The van der Waals surface area contributed by atoms with Gasteiger partial charge in [0.15, 0.2) is 0 Å². The number of rotatable bonds is 6. The predicted molar refractivity (Wildman–Crippen MR) is 75.6 cm³/mol. The molecule has 18 heavy (non-hydrogen) atoms. The maximum atomic E-state index is 10.1. The molecule has 0 bridgehead atoms. The van der Waals surface area contributed by atoms with Gasteiger partial charge in [0.05, 0.1) is 12.7 Å². The van der Waals surface area contributed by atoms with Gasteiger partial charge in [0.25, 0.3) is 0 Å². The molecule has 0 aliphatic carbocycles. The molecule has 1 aromatic rings. The average Bonchev–Trinajstić information content (AvgIpc) is 2.26. The zero-order valence-electron chi connectivity index (χ0n) is 11.8. The van der Waals surface area contributed by atoms with Gasteiger partial charge >= 0.3 is 0 Å². The van der Waals surface area contributed by atoms with Gasteiger partial charge in [-0.2, -0.15) is 0 Å². The van der Waals surface area contributed by atoms with Gasteiger partial charge in [0, 0.05) is 11.3 Å². The Morgan fingerprint density at radius 2 is 1.83 bits per heavy atom. The van der Waals surface area contributed by atoms with Crippen LogP contribution >= 0.6 is 0 Å². The number of benzene rings is 1. The molecule has 1 rings (SSSR count). The SMILES string of the molecule is CC(C)COc1ccc(N)c(C(O)CC(C)C)c1. The zero-order valence-corrected chi connectivity index (χ0v) is 11.8. The van der Waals surface area contributed by atoms with E-state index < -0.39 is 6.10 Å². The lowest BCUT2D eigenvalue weighted by Gasteiger charge is -2.17. The molecular formula is C15H25NO2. The molecule has 0 saturated heterocycles. The van der Waals surface area contributed by atoms with Crippen molar-refractivity contribution in [2.45, 2.75) is 40.2 Å². The van der Waals surface area contributed by atoms with Crippen LogP contribution in [-0.4, -0.2) is 11.7 Å². The number of hydrogen-bond acceptors (Lipinski definition) is 3. The van der Waals surface area contributed by atoms with Crippen LogP contribution in [0.1, 0.15) is 45.8 Å². The fourth-order valence-electron chi connectivity index (χ4n) is 1.77. The second-order valence-corrected chi connectivity index (χ2v) is 5.64. The van der Waals surface area contributed by atoms with Gasteiger partial charge in [-0.15, -0.1) is 0 Å². The van der Waals surface area contributed by atoms with Gasteiger partial charge in [-0.3, -0.25) is 0 Å². The summed E-state index contributed by atoms with van der Waals surface area (Å²) in [6, 6.07) is 5.50. The topological polar surface area (TPSA) is 55.5 Å². The lowest BCUT2D eigenvalue weighted by atomic mass is 9.98. The smallest absolute Gasteiger partial charge is 0.119 e. The maximum Gasteiger partial charge on any atom is 0.119 e. The largest absolute Gasteiger partial charge is 0.493 e. The number of nitrogen functional groups attached to an aromatic ring is 1. The maximum absolute atomic E-state index is 10.1. The molecule has 0 heterocycles. The van der Waals surface area contributed by atoms with E-state index in [2.05, 4.69) is 27.7 Å². The average molecular weight is 251 g/mol. The van der Waals surface area contributed by atoms with Crippen molar-refractivity contribution in [1.29, 1.82) is 0 Å². The second-order valence-electron chi connectivity index (χ2n) is 5.64. The Morgan fingerprint density at radius 3 is 2.39 bits per heavy atom. The van der Waals surface area contributed by atoms with E-state index >= 15 is 0 Å². The monoisotopic (exact) mass is 251 g/mol. The first-order valence-electron chi connectivity index (χ1n) is 6.60. The summed E-state index contributed by atoms with van der Waals surface area (Å²) in [4.78, 5) is 0. The van der Waals surface area contributed by atoms with Crippen LogP contribution in [-0.2, 0) is 0 Å². The molecule has 0 aliphatic heterocycles. The molecule has 1 aromatic carbocycles. The highest BCUT2D eigenvalue weighted by Crippen LogP contribution is 2.29. The lowest BCUT2D eigenvalue weighted by molar-refractivity contribution is 0.151. The van der Waals surface area contributed by atoms with E-state index in [9.17, 15) is 5.11 Å². The van der Waals surface area contributed by atoms with E-state index in [0.717, 1.165) is 11.3 Å². The minimum absolute atomic E-state index is 0.430. The Balaban J connectivity index is 2.80. The predicted octanol–water partition coefficient (Wildman–Crippen LogP) is 3.38. The van der Waals surface area contributed by atoms with Crippen LogP contribution < -0.4 is 10.5 Å². The molecule has 0 radical (unpaired) electrons. The first-order chi connectivity index (χ1) is 8.40. The van der Waals surface area contributed by atoms with Crippen LogP contribution in [0.2, 0.25) is 0 Å². The van der Waals surface area contributed by atoms with Crippen LogP contribution in [0.25, 0.3) is 0 Å². The number of nitrogens with two attached hydrogens (primary N) is 1. The molecule has 0 aromatic heterocycles. The Morgan fingerprint density at radius 1 is 1.17 bits per heavy atom. The third-order valence-corrected chi connectivity index (χ3v) is 2.70. The summed E-state index contributed by atoms with van der Waals surface area (Å²) in [5.41, 5.74) is 7.30. The van der Waals surface area contributed by atoms with Gasteiger partial charge < -0.3 is 15.6 Å². The molecule has 0 saturated carbocycles.